The first-order valence-electron chi connectivity index (χ1n) is 11.6. The van der Waals surface area contributed by atoms with Gasteiger partial charge in [0.25, 0.3) is 0 Å². The molecule has 3 heterocycles. The van der Waals surface area contributed by atoms with Crippen LogP contribution in [0.3, 0.4) is 0 Å². The van der Waals surface area contributed by atoms with E-state index in [2.05, 4.69) is 51.4 Å². The second kappa shape index (κ2) is 12.1. The van der Waals surface area contributed by atoms with Crippen LogP contribution >= 0.6 is 0 Å². The molecule has 2 saturated heterocycles. The molecule has 2 aliphatic heterocycles. The predicted octanol–water partition coefficient (Wildman–Crippen LogP) is 2.27. The molecule has 0 aromatic carbocycles. The maximum atomic E-state index is 5.20. The average Bonchev–Trinajstić information content (AvgIpc) is 2.78. The zero-order valence-corrected chi connectivity index (χ0v) is 19.1. The van der Waals surface area contributed by atoms with Crippen molar-refractivity contribution in [3.63, 3.8) is 0 Å². The second-order valence-electron chi connectivity index (χ2n) is 8.60. The van der Waals surface area contributed by atoms with Gasteiger partial charge in [-0.1, -0.05) is 6.07 Å². The molecule has 0 atom stereocenters. The standard InChI is InChI=1S/C23H40N6O/c1-4-24-23(26-18-20-7-11-28(12-8-20)15-16-30-3)27-21-9-13-29(14-10-21)22-6-5-19(2)17-25-22/h5-6,17,20-21H,4,7-16,18H2,1-3H3,(H2,24,26,27). The van der Waals surface area contributed by atoms with Crippen molar-refractivity contribution in [3.8, 4) is 0 Å². The fraction of sp³-hybridized carbons (Fsp3) is 0.739. The molecule has 0 unspecified atom stereocenters. The summed E-state index contributed by atoms with van der Waals surface area (Å²) < 4.78 is 5.20. The summed E-state index contributed by atoms with van der Waals surface area (Å²) in [5.74, 6) is 2.76. The SMILES string of the molecule is CCNC(=NCC1CCN(CCOC)CC1)NC1CCN(c2ccc(C)cn2)CC1. The van der Waals surface area contributed by atoms with Crippen molar-refractivity contribution in [2.75, 3.05) is 64.4 Å². The molecule has 0 amide bonds. The Hall–Kier alpha value is -1.86. The van der Waals surface area contributed by atoms with E-state index in [0.29, 0.717) is 12.0 Å². The predicted molar refractivity (Wildman–Crippen MR) is 124 cm³/mol. The zero-order chi connectivity index (χ0) is 21.2. The largest absolute Gasteiger partial charge is 0.383 e. The molecular weight excluding hydrogens is 376 g/mol. The van der Waals surface area contributed by atoms with E-state index in [1.54, 1.807) is 7.11 Å². The maximum absolute atomic E-state index is 5.20. The number of nitrogens with one attached hydrogen (secondary N) is 2. The van der Waals surface area contributed by atoms with E-state index >= 15 is 0 Å². The van der Waals surface area contributed by atoms with Crippen LogP contribution in [0.4, 0.5) is 5.82 Å². The van der Waals surface area contributed by atoms with E-state index in [-0.39, 0.29) is 0 Å². The Morgan fingerprint density at radius 1 is 1.17 bits per heavy atom. The van der Waals surface area contributed by atoms with Gasteiger partial charge in [0.15, 0.2) is 5.96 Å². The van der Waals surface area contributed by atoms with E-state index < -0.39 is 0 Å². The third-order valence-corrected chi connectivity index (χ3v) is 6.23. The molecule has 1 aromatic rings. The number of aryl methyl sites for hydroxylation is 1. The van der Waals surface area contributed by atoms with Crippen LogP contribution in [0, 0.1) is 12.8 Å². The molecule has 168 valence electrons. The number of hydrogen-bond acceptors (Lipinski definition) is 5. The van der Waals surface area contributed by atoms with Crippen molar-refractivity contribution in [3.05, 3.63) is 23.9 Å². The highest BCUT2D eigenvalue weighted by atomic mass is 16.5. The molecule has 7 heteroatoms. The van der Waals surface area contributed by atoms with Gasteiger partial charge < -0.3 is 25.2 Å². The van der Waals surface area contributed by atoms with Crippen molar-refractivity contribution in [2.24, 2.45) is 10.9 Å². The van der Waals surface area contributed by atoms with Crippen LogP contribution < -0.4 is 15.5 Å². The molecule has 30 heavy (non-hydrogen) atoms. The minimum Gasteiger partial charge on any atom is -0.383 e. The third-order valence-electron chi connectivity index (χ3n) is 6.23. The highest BCUT2D eigenvalue weighted by molar-refractivity contribution is 5.80. The number of aliphatic imine (C=N–C) groups is 1. The highest BCUT2D eigenvalue weighted by Crippen LogP contribution is 2.19. The van der Waals surface area contributed by atoms with Gasteiger partial charge in [-0.05, 0) is 70.2 Å². The van der Waals surface area contributed by atoms with E-state index in [0.717, 1.165) is 63.9 Å². The van der Waals surface area contributed by atoms with Gasteiger partial charge in [-0.2, -0.15) is 0 Å². The van der Waals surface area contributed by atoms with Gasteiger partial charge >= 0.3 is 0 Å². The number of ether oxygens (including phenoxy) is 1. The van der Waals surface area contributed by atoms with Crippen molar-refractivity contribution in [1.29, 1.82) is 0 Å². The summed E-state index contributed by atoms with van der Waals surface area (Å²) in [6.07, 6.45) is 6.64. The first-order valence-corrected chi connectivity index (χ1v) is 11.6. The average molecular weight is 417 g/mol. The summed E-state index contributed by atoms with van der Waals surface area (Å²) in [6, 6.07) is 4.75. The number of guanidine groups is 1. The Labute approximate surface area is 182 Å². The monoisotopic (exact) mass is 416 g/mol. The molecular formula is C23H40N6O. The smallest absolute Gasteiger partial charge is 0.191 e. The molecule has 3 rings (SSSR count). The molecule has 0 radical (unpaired) electrons. The lowest BCUT2D eigenvalue weighted by atomic mass is 9.97. The number of likely N-dealkylation sites (tertiary alicyclic amines) is 1. The minimum absolute atomic E-state index is 0.473. The van der Waals surface area contributed by atoms with E-state index in [1.165, 1.54) is 31.5 Å². The van der Waals surface area contributed by atoms with Crippen LogP contribution in [0.2, 0.25) is 0 Å². The van der Waals surface area contributed by atoms with Gasteiger partial charge in [0, 0.05) is 52.1 Å². The lowest BCUT2D eigenvalue weighted by molar-refractivity contribution is 0.121. The topological polar surface area (TPSA) is 65.0 Å². The number of piperidine rings is 2. The molecule has 0 aliphatic carbocycles. The summed E-state index contributed by atoms with van der Waals surface area (Å²) >= 11 is 0. The van der Waals surface area contributed by atoms with Gasteiger partial charge in [0.1, 0.15) is 5.82 Å². The normalized spacial score (nSPS) is 19.8. The third kappa shape index (κ3) is 7.13. The lowest BCUT2D eigenvalue weighted by Crippen LogP contribution is -2.49. The van der Waals surface area contributed by atoms with Crippen LogP contribution in [-0.2, 0) is 4.74 Å². The molecule has 0 spiro atoms. The van der Waals surface area contributed by atoms with Gasteiger partial charge in [-0.3, -0.25) is 4.99 Å². The van der Waals surface area contributed by atoms with Crippen molar-refractivity contribution < 1.29 is 4.74 Å². The minimum atomic E-state index is 0.473. The fourth-order valence-corrected chi connectivity index (χ4v) is 4.25. The van der Waals surface area contributed by atoms with Crippen LogP contribution in [0.5, 0.6) is 0 Å². The van der Waals surface area contributed by atoms with E-state index in [1.807, 2.05) is 6.20 Å². The molecule has 2 aliphatic rings. The quantitative estimate of drug-likeness (QED) is 0.501. The van der Waals surface area contributed by atoms with Crippen molar-refractivity contribution >= 4 is 11.8 Å². The van der Waals surface area contributed by atoms with Crippen LogP contribution in [0.25, 0.3) is 0 Å². The number of methoxy groups -OCH3 is 1. The summed E-state index contributed by atoms with van der Waals surface area (Å²) in [7, 11) is 1.78. The van der Waals surface area contributed by atoms with Crippen molar-refractivity contribution in [2.45, 2.75) is 45.6 Å². The Bertz CT molecular complexity index is 634. The molecule has 0 saturated carbocycles. The fourth-order valence-electron chi connectivity index (χ4n) is 4.25. The Balaban J connectivity index is 1.42. The van der Waals surface area contributed by atoms with Gasteiger partial charge in [0.2, 0.25) is 0 Å². The summed E-state index contributed by atoms with van der Waals surface area (Å²) in [4.78, 5) is 14.4. The zero-order valence-electron chi connectivity index (χ0n) is 19.1. The Morgan fingerprint density at radius 2 is 1.93 bits per heavy atom. The lowest BCUT2D eigenvalue weighted by Gasteiger charge is -2.34. The summed E-state index contributed by atoms with van der Waals surface area (Å²) in [5.41, 5.74) is 1.21. The Kier molecular flexibility index (Phi) is 9.21. The number of pyridine rings is 1. The van der Waals surface area contributed by atoms with Crippen molar-refractivity contribution in [1.82, 2.24) is 20.5 Å². The number of nitrogens with zero attached hydrogens (tertiary/aromatic N) is 4. The number of hydrogen-bond donors (Lipinski definition) is 2. The highest BCUT2D eigenvalue weighted by Gasteiger charge is 2.22. The first-order chi connectivity index (χ1) is 14.7. The Morgan fingerprint density at radius 3 is 2.57 bits per heavy atom. The van der Waals surface area contributed by atoms with Crippen LogP contribution in [0.15, 0.2) is 23.3 Å². The number of rotatable bonds is 8. The first kappa shape index (κ1) is 22.8. The van der Waals surface area contributed by atoms with Gasteiger partial charge in [-0.15, -0.1) is 0 Å². The molecule has 2 fully saturated rings. The van der Waals surface area contributed by atoms with E-state index in [4.69, 9.17) is 9.73 Å². The molecule has 2 N–H and O–H groups in total. The van der Waals surface area contributed by atoms with Gasteiger partial charge in [-0.25, -0.2) is 4.98 Å². The summed E-state index contributed by atoms with van der Waals surface area (Å²) in [6.45, 7) is 12.3. The molecule has 7 nitrogen and oxygen atoms in total. The van der Waals surface area contributed by atoms with Crippen LogP contribution in [0.1, 0.15) is 38.2 Å². The number of aromatic nitrogens is 1. The van der Waals surface area contributed by atoms with E-state index in [9.17, 15) is 0 Å². The van der Waals surface area contributed by atoms with Gasteiger partial charge in [0.05, 0.1) is 6.61 Å². The summed E-state index contributed by atoms with van der Waals surface area (Å²) in [5, 5.41) is 7.12. The molecule has 0 bridgehead atoms. The maximum Gasteiger partial charge on any atom is 0.191 e. The van der Waals surface area contributed by atoms with Crippen LogP contribution in [-0.4, -0.2) is 81.4 Å². The molecule has 1 aromatic heterocycles. The number of anilines is 1. The second-order valence-corrected chi connectivity index (χ2v) is 8.60.